The largest absolute Gasteiger partial charge is 0.507 e. The fraction of sp³-hybridized carbons (Fsp3) is 0.167. The maximum atomic E-state index is 10.6. The number of rotatable bonds is 2. The minimum atomic E-state index is 0.247. The van der Waals surface area contributed by atoms with Gasteiger partial charge in [0.2, 0.25) is 0 Å². The Labute approximate surface area is 159 Å². The van der Waals surface area contributed by atoms with Crippen molar-refractivity contribution in [1.82, 2.24) is 0 Å². The molecule has 0 bridgehead atoms. The van der Waals surface area contributed by atoms with Gasteiger partial charge in [-0.2, -0.15) is 0 Å². The lowest BCUT2D eigenvalue weighted by Gasteiger charge is -2.17. The monoisotopic (exact) mass is 360 g/mol. The summed E-state index contributed by atoms with van der Waals surface area (Å²) < 4.78 is 0. The zero-order chi connectivity index (χ0) is 18.1. The normalized spacial score (nSPS) is 14.1. The second-order valence-corrected chi connectivity index (χ2v) is 7.33. The first kappa shape index (κ1) is 16.9. The minimum absolute atomic E-state index is 0.247. The van der Waals surface area contributed by atoms with Crippen LogP contribution in [0.25, 0.3) is 11.1 Å². The van der Waals surface area contributed by atoms with E-state index >= 15 is 0 Å². The predicted molar refractivity (Wildman–Crippen MR) is 110 cm³/mol. The van der Waals surface area contributed by atoms with E-state index < -0.39 is 0 Å². The SMILES string of the molecule is Cc1ccc(C2=C(c3ccc(Cl)cc3O)CCCc3ccccc32)cc1. The molecule has 1 nitrogen and oxygen atoms in total. The summed E-state index contributed by atoms with van der Waals surface area (Å²) in [5.41, 5.74) is 8.34. The summed E-state index contributed by atoms with van der Waals surface area (Å²) >= 11 is 6.06. The van der Waals surface area contributed by atoms with Gasteiger partial charge in [0.1, 0.15) is 5.75 Å². The zero-order valence-corrected chi connectivity index (χ0v) is 15.6. The first-order chi connectivity index (χ1) is 12.6. The van der Waals surface area contributed by atoms with Crippen molar-refractivity contribution in [2.45, 2.75) is 26.2 Å². The van der Waals surface area contributed by atoms with Crippen LogP contribution in [0.3, 0.4) is 0 Å². The van der Waals surface area contributed by atoms with Gasteiger partial charge in [-0.1, -0.05) is 65.7 Å². The zero-order valence-electron chi connectivity index (χ0n) is 14.8. The van der Waals surface area contributed by atoms with Gasteiger partial charge in [0.25, 0.3) is 0 Å². The second-order valence-electron chi connectivity index (χ2n) is 6.89. The molecule has 26 heavy (non-hydrogen) atoms. The molecule has 0 saturated carbocycles. The standard InChI is InChI=1S/C24H21ClO/c1-16-9-11-18(12-10-16)24-20-7-3-2-5-17(20)6-4-8-22(24)21-14-13-19(25)15-23(21)26/h2-3,5,7,9-15,26H,4,6,8H2,1H3. The van der Waals surface area contributed by atoms with E-state index in [-0.39, 0.29) is 5.75 Å². The molecule has 0 unspecified atom stereocenters. The number of hydrogen-bond acceptors (Lipinski definition) is 1. The average molecular weight is 361 g/mol. The Balaban J connectivity index is 2.03. The van der Waals surface area contributed by atoms with Crippen molar-refractivity contribution in [3.8, 4) is 5.75 Å². The number of halogens is 1. The number of benzene rings is 3. The van der Waals surface area contributed by atoms with Crippen LogP contribution in [-0.4, -0.2) is 5.11 Å². The van der Waals surface area contributed by atoms with Crippen LogP contribution in [0.2, 0.25) is 5.02 Å². The third-order valence-corrected chi connectivity index (χ3v) is 5.32. The summed E-state index contributed by atoms with van der Waals surface area (Å²) in [6.45, 7) is 2.10. The summed E-state index contributed by atoms with van der Waals surface area (Å²) in [5, 5.41) is 11.1. The van der Waals surface area contributed by atoms with Crippen molar-refractivity contribution in [3.05, 3.63) is 99.6 Å². The Bertz CT molecular complexity index is 983. The fourth-order valence-corrected chi connectivity index (χ4v) is 3.97. The van der Waals surface area contributed by atoms with Crippen molar-refractivity contribution < 1.29 is 5.11 Å². The molecule has 1 aliphatic rings. The lowest BCUT2D eigenvalue weighted by molar-refractivity contribution is 0.473. The van der Waals surface area contributed by atoms with Gasteiger partial charge >= 0.3 is 0 Å². The van der Waals surface area contributed by atoms with Gasteiger partial charge in [-0.05, 0) is 72.2 Å². The predicted octanol–water partition coefficient (Wildman–Crippen LogP) is 6.65. The van der Waals surface area contributed by atoms with Crippen molar-refractivity contribution >= 4 is 22.7 Å². The van der Waals surface area contributed by atoms with Crippen molar-refractivity contribution in [2.75, 3.05) is 0 Å². The number of aromatic hydroxyl groups is 1. The minimum Gasteiger partial charge on any atom is -0.507 e. The molecule has 0 aliphatic heterocycles. The van der Waals surface area contributed by atoms with E-state index in [4.69, 9.17) is 11.6 Å². The van der Waals surface area contributed by atoms with Gasteiger partial charge in [-0.15, -0.1) is 0 Å². The Morgan fingerprint density at radius 2 is 1.62 bits per heavy atom. The molecule has 3 aromatic rings. The van der Waals surface area contributed by atoms with Crippen LogP contribution in [0.5, 0.6) is 5.75 Å². The first-order valence-corrected chi connectivity index (χ1v) is 9.38. The number of phenols is 1. The highest BCUT2D eigenvalue weighted by Crippen LogP contribution is 2.42. The van der Waals surface area contributed by atoms with E-state index in [1.165, 1.54) is 33.4 Å². The molecule has 0 fully saturated rings. The number of allylic oxidation sites excluding steroid dienone is 1. The lowest BCUT2D eigenvalue weighted by atomic mass is 9.87. The highest BCUT2D eigenvalue weighted by Gasteiger charge is 2.21. The average Bonchev–Trinajstić information content (AvgIpc) is 2.82. The van der Waals surface area contributed by atoms with Gasteiger partial charge in [-0.25, -0.2) is 0 Å². The Hall–Kier alpha value is -2.51. The molecule has 1 aliphatic carbocycles. The molecule has 0 spiro atoms. The molecule has 0 amide bonds. The maximum Gasteiger partial charge on any atom is 0.124 e. The van der Waals surface area contributed by atoms with E-state index in [2.05, 4.69) is 55.5 Å². The summed E-state index contributed by atoms with van der Waals surface area (Å²) in [4.78, 5) is 0. The molecular formula is C24H21ClO. The molecule has 0 saturated heterocycles. The van der Waals surface area contributed by atoms with Crippen LogP contribution >= 0.6 is 11.6 Å². The van der Waals surface area contributed by atoms with Gasteiger partial charge < -0.3 is 5.11 Å². The van der Waals surface area contributed by atoms with Crippen LogP contribution in [0.4, 0.5) is 0 Å². The Morgan fingerprint density at radius 3 is 2.38 bits per heavy atom. The molecule has 0 aromatic heterocycles. The topological polar surface area (TPSA) is 20.2 Å². The van der Waals surface area contributed by atoms with Crippen molar-refractivity contribution in [3.63, 3.8) is 0 Å². The van der Waals surface area contributed by atoms with Crippen molar-refractivity contribution in [2.24, 2.45) is 0 Å². The highest BCUT2D eigenvalue weighted by atomic mass is 35.5. The van der Waals surface area contributed by atoms with Crippen molar-refractivity contribution in [1.29, 1.82) is 0 Å². The van der Waals surface area contributed by atoms with E-state index in [0.29, 0.717) is 5.02 Å². The van der Waals surface area contributed by atoms with Crippen LogP contribution in [0, 0.1) is 6.92 Å². The van der Waals surface area contributed by atoms with E-state index in [1.54, 1.807) is 6.07 Å². The highest BCUT2D eigenvalue weighted by molar-refractivity contribution is 6.30. The summed E-state index contributed by atoms with van der Waals surface area (Å²) in [7, 11) is 0. The van der Waals surface area contributed by atoms with Crippen LogP contribution in [0.1, 0.15) is 40.7 Å². The summed E-state index contributed by atoms with van der Waals surface area (Å²) in [5.74, 6) is 0.247. The Morgan fingerprint density at radius 1 is 0.846 bits per heavy atom. The number of fused-ring (bicyclic) bond motifs is 1. The second kappa shape index (κ2) is 7.01. The molecule has 3 aromatic carbocycles. The third-order valence-electron chi connectivity index (χ3n) is 5.09. The maximum absolute atomic E-state index is 10.6. The van der Waals surface area contributed by atoms with Gasteiger partial charge in [0.05, 0.1) is 0 Å². The summed E-state index contributed by atoms with van der Waals surface area (Å²) in [6, 6.07) is 22.7. The number of aryl methyl sites for hydroxylation is 2. The molecule has 0 atom stereocenters. The fourth-order valence-electron chi connectivity index (χ4n) is 3.80. The number of phenolic OH excluding ortho intramolecular Hbond substituents is 1. The Kier molecular flexibility index (Phi) is 4.57. The third kappa shape index (κ3) is 3.15. The van der Waals surface area contributed by atoms with Crippen LogP contribution < -0.4 is 0 Å². The smallest absolute Gasteiger partial charge is 0.124 e. The molecule has 4 rings (SSSR count). The van der Waals surface area contributed by atoms with Gasteiger partial charge in [0, 0.05) is 10.6 Å². The first-order valence-electron chi connectivity index (χ1n) is 9.01. The molecule has 0 heterocycles. The van der Waals surface area contributed by atoms with E-state index in [0.717, 1.165) is 24.8 Å². The lowest BCUT2D eigenvalue weighted by Crippen LogP contribution is -1.96. The van der Waals surface area contributed by atoms with E-state index in [9.17, 15) is 5.11 Å². The molecule has 130 valence electrons. The quantitative estimate of drug-likeness (QED) is 0.542. The molecule has 0 radical (unpaired) electrons. The van der Waals surface area contributed by atoms with Crippen LogP contribution in [0.15, 0.2) is 66.7 Å². The van der Waals surface area contributed by atoms with Gasteiger partial charge in [-0.3, -0.25) is 0 Å². The van der Waals surface area contributed by atoms with Crippen LogP contribution in [-0.2, 0) is 6.42 Å². The molecule has 1 N–H and O–H groups in total. The molecular weight excluding hydrogens is 340 g/mol. The molecule has 2 heteroatoms. The summed E-state index contributed by atoms with van der Waals surface area (Å²) in [6.07, 6.45) is 3.03. The van der Waals surface area contributed by atoms with Gasteiger partial charge in [0.15, 0.2) is 0 Å². The van der Waals surface area contributed by atoms with E-state index in [1.807, 2.05) is 12.1 Å². The number of hydrogen-bond donors (Lipinski definition) is 1.